The number of urea groups is 1. The number of halogens is 3. The van der Waals surface area contributed by atoms with Gasteiger partial charge in [0.1, 0.15) is 5.75 Å². The summed E-state index contributed by atoms with van der Waals surface area (Å²) in [5.41, 5.74) is 4.93. The van der Waals surface area contributed by atoms with Crippen LogP contribution in [0.1, 0.15) is 5.56 Å². The molecule has 2 rings (SSSR count). The van der Waals surface area contributed by atoms with Crippen molar-refractivity contribution in [3.8, 4) is 5.75 Å². The maximum Gasteiger partial charge on any atom is 0.416 e. The number of carbonyl (C=O) groups excluding carboxylic acids is 1. The van der Waals surface area contributed by atoms with Crippen LogP contribution in [0.25, 0.3) is 0 Å². The summed E-state index contributed by atoms with van der Waals surface area (Å²) in [4.78, 5) is 11.7. The highest BCUT2D eigenvalue weighted by Gasteiger charge is 2.30. The molecular formula is C14H12F3N3O2. The van der Waals surface area contributed by atoms with Crippen molar-refractivity contribution < 1.29 is 23.1 Å². The number of amides is 2. The van der Waals surface area contributed by atoms with Crippen LogP contribution in [0.4, 0.5) is 35.0 Å². The molecule has 0 heterocycles. The highest BCUT2D eigenvalue weighted by atomic mass is 19.4. The van der Waals surface area contributed by atoms with Crippen molar-refractivity contribution in [2.24, 2.45) is 0 Å². The molecule has 0 spiro atoms. The fourth-order valence-corrected chi connectivity index (χ4v) is 1.71. The van der Waals surface area contributed by atoms with Crippen LogP contribution in [0.15, 0.2) is 42.5 Å². The Morgan fingerprint density at radius 3 is 2.45 bits per heavy atom. The normalized spacial score (nSPS) is 11.0. The monoisotopic (exact) mass is 311 g/mol. The van der Waals surface area contributed by atoms with E-state index in [1.807, 2.05) is 0 Å². The third-order valence-electron chi connectivity index (χ3n) is 2.72. The Hall–Kier alpha value is -2.90. The molecule has 0 aliphatic carbocycles. The van der Waals surface area contributed by atoms with Crippen LogP contribution in [0.5, 0.6) is 5.75 Å². The number of rotatable bonds is 2. The second-order valence-corrected chi connectivity index (χ2v) is 4.43. The zero-order chi connectivity index (χ0) is 16.3. The molecule has 0 bridgehead atoms. The van der Waals surface area contributed by atoms with E-state index in [0.717, 1.165) is 12.1 Å². The summed E-state index contributed by atoms with van der Waals surface area (Å²) >= 11 is 0. The Kier molecular flexibility index (Phi) is 4.11. The van der Waals surface area contributed by atoms with E-state index >= 15 is 0 Å². The highest BCUT2D eigenvalue weighted by Crippen LogP contribution is 2.31. The standard InChI is InChI=1S/C14H12F3N3O2/c15-14(16,17)8-2-1-3-10(6-8)19-13(22)20-11-5-4-9(18)7-12(11)21/h1-7,21H,18H2,(H2,19,20,22). The first-order valence-corrected chi connectivity index (χ1v) is 6.09. The van der Waals surface area contributed by atoms with Gasteiger partial charge in [0, 0.05) is 17.4 Å². The number of phenols is 1. The number of alkyl halides is 3. The molecule has 22 heavy (non-hydrogen) atoms. The Balaban J connectivity index is 2.09. The minimum absolute atomic E-state index is 0.0257. The highest BCUT2D eigenvalue weighted by molar-refractivity contribution is 6.00. The topological polar surface area (TPSA) is 87.4 Å². The first-order valence-electron chi connectivity index (χ1n) is 6.09. The van der Waals surface area contributed by atoms with Gasteiger partial charge in [0.15, 0.2) is 0 Å². The Morgan fingerprint density at radius 2 is 1.82 bits per heavy atom. The largest absolute Gasteiger partial charge is 0.506 e. The van der Waals surface area contributed by atoms with Crippen LogP contribution in [-0.4, -0.2) is 11.1 Å². The second-order valence-electron chi connectivity index (χ2n) is 4.43. The lowest BCUT2D eigenvalue weighted by molar-refractivity contribution is -0.137. The Labute approximate surface area is 123 Å². The van der Waals surface area contributed by atoms with Crippen molar-refractivity contribution in [1.82, 2.24) is 0 Å². The number of aromatic hydroxyl groups is 1. The summed E-state index contributed by atoms with van der Waals surface area (Å²) in [6, 6.07) is 7.48. The van der Waals surface area contributed by atoms with Gasteiger partial charge in [0.25, 0.3) is 0 Å². The SMILES string of the molecule is Nc1ccc(NC(=O)Nc2cccc(C(F)(F)F)c2)c(O)c1. The van der Waals surface area contributed by atoms with E-state index in [2.05, 4.69) is 10.6 Å². The number of hydrogen-bond acceptors (Lipinski definition) is 3. The van der Waals surface area contributed by atoms with Gasteiger partial charge in [-0.2, -0.15) is 13.2 Å². The predicted octanol–water partition coefficient (Wildman–Crippen LogP) is 3.64. The minimum Gasteiger partial charge on any atom is -0.506 e. The lowest BCUT2D eigenvalue weighted by Crippen LogP contribution is -2.20. The zero-order valence-corrected chi connectivity index (χ0v) is 11.1. The Bertz CT molecular complexity index is 702. The number of nitrogens with two attached hydrogens (primary N) is 1. The van der Waals surface area contributed by atoms with Gasteiger partial charge in [0.2, 0.25) is 0 Å². The summed E-state index contributed by atoms with van der Waals surface area (Å²) in [7, 11) is 0. The van der Waals surface area contributed by atoms with Crippen LogP contribution in [0, 0.1) is 0 Å². The molecule has 0 saturated heterocycles. The number of carbonyl (C=O) groups is 1. The van der Waals surface area contributed by atoms with Crippen molar-refractivity contribution >= 4 is 23.1 Å². The van der Waals surface area contributed by atoms with E-state index < -0.39 is 17.8 Å². The van der Waals surface area contributed by atoms with Gasteiger partial charge in [-0.15, -0.1) is 0 Å². The smallest absolute Gasteiger partial charge is 0.416 e. The summed E-state index contributed by atoms with van der Waals surface area (Å²) in [5.74, 6) is -0.251. The lowest BCUT2D eigenvalue weighted by Gasteiger charge is -2.11. The molecular weight excluding hydrogens is 299 g/mol. The average molecular weight is 311 g/mol. The van der Waals surface area contributed by atoms with Crippen LogP contribution in [0.2, 0.25) is 0 Å². The van der Waals surface area contributed by atoms with Gasteiger partial charge in [-0.1, -0.05) is 6.07 Å². The molecule has 0 radical (unpaired) electrons. The van der Waals surface area contributed by atoms with Gasteiger partial charge < -0.3 is 21.5 Å². The number of phenolic OH excluding ortho intramolecular Hbond substituents is 1. The molecule has 0 aromatic heterocycles. The third-order valence-corrected chi connectivity index (χ3v) is 2.72. The first-order chi connectivity index (χ1) is 10.3. The van der Waals surface area contributed by atoms with Crippen molar-refractivity contribution in [2.75, 3.05) is 16.4 Å². The summed E-state index contributed by atoms with van der Waals surface area (Å²) in [6.45, 7) is 0. The zero-order valence-electron chi connectivity index (χ0n) is 11.1. The number of nitrogen functional groups attached to an aromatic ring is 1. The van der Waals surface area contributed by atoms with Gasteiger partial charge in [-0.05, 0) is 30.3 Å². The number of benzene rings is 2. The van der Waals surface area contributed by atoms with Gasteiger partial charge in [0.05, 0.1) is 11.3 Å². The van der Waals surface area contributed by atoms with Crippen molar-refractivity contribution in [3.63, 3.8) is 0 Å². The average Bonchev–Trinajstić information content (AvgIpc) is 2.41. The van der Waals surface area contributed by atoms with Crippen molar-refractivity contribution in [1.29, 1.82) is 0 Å². The van der Waals surface area contributed by atoms with Crippen molar-refractivity contribution in [2.45, 2.75) is 6.18 Å². The molecule has 0 saturated carbocycles. The van der Waals surface area contributed by atoms with E-state index in [4.69, 9.17) is 5.73 Å². The molecule has 0 atom stereocenters. The molecule has 5 N–H and O–H groups in total. The molecule has 8 heteroatoms. The molecule has 0 aliphatic heterocycles. The fourth-order valence-electron chi connectivity index (χ4n) is 1.71. The second kappa shape index (κ2) is 5.84. The maximum atomic E-state index is 12.6. The predicted molar refractivity (Wildman–Crippen MR) is 76.6 cm³/mol. The number of hydrogen-bond donors (Lipinski definition) is 4. The molecule has 5 nitrogen and oxygen atoms in total. The molecule has 116 valence electrons. The van der Waals surface area contributed by atoms with Gasteiger partial charge in [-0.3, -0.25) is 0 Å². The van der Waals surface area contributed by atoms with E-state index in [1.165, 1.54) is 30.3 Å². The van der Waals surface area contributed by atoms with E-state index in [9.17, 15) is 23.1 Å². The molecule has 0 unspecified atom stereocenters. The van der Waals surface area contributed by atoms with Gasteiger partial charge >= 0.3 is 12.2 Å². The summed E-state index contributed by atoms with van der Waals surface area (Å²) in [5, 5.41) is 14.1. The molecule has 2 amide bonds. The lowest BCUT2D eigenvalue weighted by atomic mass is 10.2. The Morgan fingerprint density at radius 1 is 1.09 bits per heavy atom. The van der Waals surface area contributed by atoms with Crippen molar-refractivity contribution in [3.05, 3.63) is 48.0 Å². The van der Waals surface area contributed by atoms with E-state index in [1.54, 1.807) is 0 Å². The van der Waals surface area contributed by atoms with Crippen LogP contribution in [-0.2, 0) is 6.18 Å². The van der Waals surface area contributed by atoms with E-state index in [-0.39, 0.29) is 17.1 Å². The molecule has 0 fully saturated rings. The minimum atomic E-state index is -4.50. The van der Waals surface area contributed by atoms with Crippen LogP contribution in [0.3, 0.4) is 0 Å². The number of nitrogens with one attached hydrogen (secondary N) is 2. The van der Waals surface area contributed by atoms with Gasteiger partial charge in [-0.25, -0.2) is 4.79 Å². The fraction of sp³-hybridized carbons (Fsp3) is 0.0714. The molecule has 0 aliphatic rings. The first kappa shape index (κ1) is 15.5. The quantitative estimate of drug-likeness (QED) is 0.504. The molecule has 2 aromatic carbocycles. The number of anilines is 3. The maximum absolute atomic E-state index is 12.6. The third kappa shape index (κ3) is 3.81. The molecule has 2 aromatic rings. The van der Waals surface area contributed by atoms with E-state index in [0.29, 0.717) is 5.69 Å². The van der Waals surface area contributed by atoms with Crippen LogP contribution >= 0.6 is 0 Å². The van der Waals surface area contributed by atoms with Crippen LogP contribution < -0.4 is 16.4 Å². The summed E-state index contributed by atoms with van der Waals surface area (Å²) in [6.07, 6.45) is -4.50. The summed E-state index contributed by atoms with van der Waals surface area (Å²) < 4.78 is 37.7.